The summed E-state index contributed by atoms with van der Waals surface area (Å²) in [5, 5.41) is 13.9. The van der Waals surface area contributed by atoms with E-state index in [0.29, 0.717) is 27.4 Å². The molecule has 0 aliphatic rings. The second-order valence-electron chi connectivity index (χ2n) is 5.75. The highest BCUT2D eigenvalue weighted by molar-refractivity contribution is 6.32. The van der Waals surface area contributed by atoms with Crippen molar-refractivity contribution in [3.63, 3.8) is 0 Å². The summed E-state index contributed by atoms with van der Waals surface area (Å²) in [6.07, 6.45) is 4.77. The monoisotopic (exact) mass is 358 g/mol. The molecule has 0 atom stereocenters. The van der Waals surface area contributed by atoms with Gasteiger partial charge in [-0.3, -0.25) is 4.79 Å². The molecule has 0 spiro atoms. The number of carboxylic acids is 1. The van der Waals surface area contributed by atoms with Crippen molar-refractivity contribution in [1.82, 2.24) is 19.7 Å². The lowest BCUT2D eigenvalue weighted by molar-refractivity contribution is 0.0697. The fourth-order valence-corrected chi connectivity index (χ4v) is 2.62. The van der Waals surface area contributed by atoms with E-state index in [4.69, 9.17) is 16.7 Å². The maximum atomic E-state index is 12.2. The van der Waals surface area contributed by atoms with Gasteiger partial charge in [0.2, 0.25) is 0 Å². The molecular formula is C17H15ClN4O3. The normalized spacial score (nSPS) is 11.7. The zero-order chi connectivity index (χ0) is 18.1. The first-order chi connectivity index (χ1) is 11.9. The van der Waals surface area contributed by atoms with Crippen LogP contribution >= 0.6 is 11.6 Å². The Morgan fingerprint density at radius 3 is 2.76 bits per heavy atom. The third-order valence-electron chi connectivity index (χ3n) is 3.64. The number of hydrogen-bond acceptors (Lipinski definition) is 4. The standard InChI is InChI=1S/C17H15ClN4O3/c1-9(2)22-15-12(8-19-22)16(23)21-14(20-15)6-5-10-3-4-11(17(24)25)7-13(10)18/h3-9H,1-2H3,(H,24,25)(H,20,21,23). The molecule has 3 aromatic rings. The average Bonchev–Trinajstić information content (AvgIpc) is 2.98. The molecule has 0 aliphatic carbocycles. The van der Waals surface area contributed by atoms with Gasteiger partial charge in [-0.2, -0.15) is 5.10 Å². The highest BCUT2D eigenvalue weighted by Crippen LogP contribution is 2.20. The molecule has 3 rings (SSSR count). The molecule has 2 aromatic heterocycles. The van der Waals surface area contributed by atoms with Crippen LogP contribution in [0.1, 0.15) is 41.6 Å². The van der Waals surface area contributed by atoms with Crippen molar-refractivity contribution in [3.8, 4) is 0 Å². The van der Waals surface area contributed by atoms with E-state index in [9.17, 15) is 9.59 Å². The number of halogens is 1. The van der Waals surface area contributed by atoms with Crippen LogP contribution in [0.15, 0.2) is 29.2 Å². The van der Waals surface area contributed by atoms with E-state index in [-0.39, 0.29) is 17.2 Å². The second kappa shape index (κ2) is 6.52. The van der Waals surface area contributed by atoms with Crippen LogP contribution in [0.4, 0.5) is 0 Å². The molecule has 2 heterocycles. The van der Waals surface area contributed by atoms with Crippen molar-refractivity contribution in [2.24, 2.45) is 0 Å². The molecule has 2 N–H and O–H groups in total. The minimum atomic E-state index is -1.05. The summed E-state index contributed by atoms with van der Waals surface area (Å²) in [6.45, 7) is 3.91. The number of aromatic carboxylic acids is 1. The Morgan fingerprint density at radius 1 is 1.36 bits per heavy atom. The Balaban J connectivity index is 2.00. The summed E-state index contributed by atoms with van der Waals surface area (Å²) < 4.78 is 1.68. The molecule has 0 fully saturated rings. The first kappa shape index (κ1) is 16.9. The van der Waals surface area contributed by atoms with Gasteiger partial charge < -0.3 is 10.1 Å². The van der Waals surface area contributed by atoms with Crippen molar-refractivity contribution in [1.29, 1.82) is 0 Å². The molecule has 128 valence electrons. The number of aromatic amines is 1. The maximum Gasteiger partial charge on any atom is 0.335 e. The van der Waals surface area contributed by atoms with Crippen LogP contribution in [-0.4, -0.2) is 30.8 Å². The van der Waals surface area contributed by atoms with Crippen LogP contribution < -0.4 is 5.56 Å². The van der Waals surface area contributed by atoms with Gasteiger partial charge in [-0.1, -0.05) is 17.7 Å². The number of carbonyl (C=O) groups is 1. The fourth-order valence-electron chi connectivity index (χ4n) is 2.37. The lowest BCUT2D eigenvalue weighted by Crippen LogP contribution is -2.11. The molecule has 0 bridgehead atoms. The van der Waals surface area contributed by atoms with Crippen molar-refractivity contribution in [2.45, 2.75) is 19.9 Å². The van der Waals surface area contributed by atoms with Crippen molar-refractivity contribution in [2.75, 3.05) is 0 Å². The van der Waals surface area contributed by atoms with E-state index < -0.39 is 5.97 Å². The van der Waals surface area contributed by atoms with Crippen molar-refractivity contribution in [3.05, 3.63) is 56.7 Å². The summed E-state index contributed by atoms with van der Waals surface area (Å²) in [6, 6.07) is 4.50. The molecule has 25 heavy (non-hydrogen) atoms. The summed E-state index contributed by atoms with van der Waals surface area (Å²) >= 11 is 6.09. The largest absolute Gasteiger partial charge is 0.478 e. The summed E-state index contributed by atoms with van der Waals surface area (Å²) in [7, 11) is 0. The molecule has 1 aromatic carbocycles. The Morgan fingerprint density at radius 2 is 2.12 bits per heavy atom. The van der Waals surface area contributed by atoms with Gasteiger partial charge in [-0.25, -0.2) is 14.5 Å². The summed E-state index contributed by atoms with van der Waals surface area (Å²) in [4.78, 5) is 30.2. The zero-order valence-corrected chi connectivity index (χ0v) is 14.3. The predicted molar refractivity (Wildman–Crippen MR) is 95.9 cm³/mol. The lowest BCUT2D eigenvalue weighted by Gasteiger charge is -2.06. The molecule has 0 saturated carbocycles. The Bertz CT molecular complexity index is 1050. The third-order valence-corrected chi connectivity index (χ3v) is 3.97. The molecule has 7 nitrogen and oxygen atoms in total. The van der Waals surface area contributed by atoms with Crippen molar-refractivity contribution < 1.29 is 9.90 Å². The number of benzene rings is 1. The average molecular weight is 359 g/mol. The molecule has 0 radical (unpaired) electrons. The topological polar surface area (TPSA) is 101 Å². The third kappa shape index (κ3) is 3.32. The number of H-pyrrole nitrogens is 1. The van der Waals surface area contributed by atoms with Gasteiger partial charge in [0, 0.05) is 11.1 Å². The second-order valence-corrected chi connectivity index (χ2v) is 6.15. The maximum absolute atomic E-state index is 12.2. The van der Waals surface area contributed by atoms with E-state index in [0.717, 1.165) is 0 Å². The summed E-state index contributed by atoms with van der Waals surface area (Å²) in [5.41, 5.74) is 0.956. The Hall–Kier alpha value is -2.93. The molecule has 0 unspecified atom stereocenters. The molecule has 0 aliphatic heterocycles. The number of aromatic nitrogens is 4. The van der Waals surface area contributed by atoms with Crippen LogP contribution in [0.25, 0.3) is 23.2 Å². The van der Waals surface area contributed by atoms with Gasteiger partial charge in [-0.15, -0.1) is 0 Å². The minimum Gasteiger partial charge on any atom is -0.478 e. The predicted octanol–water partition coefficient (Wildman–Crippen LogP) is 3.22. The molecule has 0 amide bonds. The van der Waals surface area contributed by atoms with Crippen LogP contribution in [-0.2, 0) is 0 Å². The number of rotatable bonds is 4. The van der Waals surface area contributed by atoms with Crippen LogP contribution in [0.5, 0.6) is 0 Å². The van der Waals surface area contributed by atoms with E-state index in [1.165, 1.54) is 18.3 Å². The van der Waals surface area contributed by atoms with Gasteiger partial charge in [0.15, 0.2) is 5.65 Å². The van der Waals surface area contributed by atoms with Gasteiger partial charge in [-0.05, 0) is 43.7 Å². The van der Waals surface area contributed by atoms with Gasteiger partial charge in [0.05, 0.1) is 11.8 Å². The highest BCUT2D eigenvalue weighted by Gasteiger charge is 2.11. The zero-order valence-electron chi connectivity index (χ0n) is 13.5. The SMILES string of the molecule is CC(C)n1ncc2c(=O)[nH]c(C=Cc3ccc(C(=O)O)cc3Cl)nc21. The number of carboxylic acid groups (broad SMARTS) is 1. The first-order valence-electron chi connectivity index (χ1n) is 7.55. The van der Waals surface area contributed by atoms with E-state index in [1.54, 1.807) is 22.9 Å². The smallest absolute Gasteiger partial charge is 0.335 e. The van der Waals surface area contributed by atoms with E-state index in [2.05, 4.69) is 15.1 Å². The molecular weight excluding hydrogens is 344 g/mol. The first-order valence-corrected chi connectivity index (χ1v) is 7.93. The number of nitrogens with one attached hydrogen (secondary N) is 1. The fraction of sp³-hybridized carbons (Fsp3) is 0.176. The van der Waals surface area contributed by atoms with E-state index >= 15 is 0 Å². The quantitative estimate of drug-likeness (QED) is 0.745. The van der Waals surface area contributed by atoms with Gasteiger partial charge in [0.1, 0.15) is 11.2 Å². The van der Waals surface area contributed by atoms with Gasteiger partial charge >= 0.3 is 5.97 Å². The van der Waals surface area contributed by atoms with Crippen LogP contribution in [0, 0.1) is 0 Å². The van der Waals surface area contributed by atoms with Crippen LogP contribution in [0.2, 0.25) is 5.02 Å². The van der Waals surface area contributed by atoms with Crippen molar-refractivity contribution >= 4 is 40.8 Å². The molecule has 8 heteroatoms. The van der Waals surface area contributed by atoms with Crippen LogP contribution in [0.3, 0.4) is 0 Å². The number of nitrogens with zero attached hydrogens (tertiary/aromatic N) is 3. The number of hydrogen-bond donors (Lipinski definition) is 2. The highest BCUT2D eigenvalue weighted by atomic mass is 35.5. The number of fused-ring (bicyclic) bond motifs is 1. The lowest BCUT2D eigenvalue weighted by atomic mass is 10.1. The molecule has 0 saturated heterocycles. The van der Waals surface area contributed by atoms with E-state index in [1.807, 2.05) is 13.8 Å². The Kier molecular flexibility index (Phi) is 4.41. The Labute approximate surface area is 147 Å². The minimum absolute atomic E-state index is 0.0710. The summed E-state index contributed by atoms with van der Waals surface area (Å²) in [5.74, 6) is -0.686. The van der Waals surface area contributed by atoms with Gasteiger partial charge in [0.25, 0.3) is 5.56 Å².